The zero-order chi connectivity index (χ0) is 17.2. The van der Waals surface area contributed by atoms with Gasteiger partial charge in [-0.15, -0.1) is 0 Å². The zero-order valence-electron chi connectivity index (χ0n) is 14.3. The summed E-state index contributed by atoms with van der Waals surface area (Å²) < 4.78 is 0. The van der Waals surface area contributed by atoms with Crippen LogP contribution in [0.25, 0.3) is 0 Å². The number of benzene rings is 1. The molecule has 0 bridgehead atoms. The standard InChI is InChI=1S/C18H26N4O2/c1-12(2)20-17(24)22-15-6-4-3-5-14(15)21-16(23)13-11-18(13)7-9-19-10-8-18/h3-6,12-13,19H,7-11H2,1-2H3,(H,21,23)(H2,20,22,24). The fourth-order valence-corrected chi connectivity index (χ4v) is 3.54. The summed E-state index contributed by atoms with van der Waals surface area (Å²) in [6, 6.07) is 7.09. The molecule has 1 heterocycles. The number of urea groups is 1. The first kappa shape index (κ1) is 16.8. The molecule has 6 heteroatoms. The summed E-state index contributed by atoms with van der Waals surface area (Å²) >= 11 is 0. The highest BCUT2D eigenvalue weighted by Gasteiger charge is 2.57. The lowest BCUT2D eigenvalue weighted by atomic mass is 9.92. The van der Waals surface area contributed by atoms with Crippen molar-refractivity contribution in [3.05, 3.63) is 24.3 Å². The molecule has 1 atom stereocenters. The molecule has 1 aliphatic heterocycles. The number of para-hydroxylation sites is 2. The molecule has 1 saturated heterocycles. The van der Waals surface area contributed by atoms with Gasteiger partial charge in [0.25, 0.3) is 0 Å². The van der Waals surface area contributed by atoms with Gasteiger partial charge in [0.05, 0.1) is 11.4 Å². The number of piperidine rings is 1. The van der Waals surface area contributed by atoms with E-state index in [2.05, 4.69) is 21.3 Å². The summed E-state index contributed by atoms with van der Waals surface area (Å²) in [7, 11) is 0. The maximum Gasteiger partial charge on any atom is 0.319 e. The van der Waals surface area contributed by atoms with Crippen molar-refractivity contribution in [2.24, 2.45) is 11.3 Å². The van der Waals surface area contributed by atoms with E-state index in [1.54, 1.807) is 6.07 Å². The fraction of sp³-hybridized carbons (Fsp3) is 0.556. The van der Waals surface area contributed by atoms with Crippen LogP contribution in [0.3, 0.4) is 0 Å². The molecule has 1 spiro atoms. The SMILES string of the molecule is CC(C)NC(=O)Nc1ccccc1NC(=O)C1CC12CCNCC2. The average molecular weight is 330 g/mol. The number of hydrogen-bond donors (Lipinski definition) is 4. The lowest BCUT2D eigenvalue weighted by molar-refractivity contribution is -0.118. The monoisotopic (exact) mass is 330 g/mol. The van der Waals surface area contributed by atoms with Crippen LogP contribution < -0.4 is 21.3 Å². The average Bonchev–Trinajstić information content (AvgIpc) is 3.22. The van der Waals surface area contributed by atoms with Crippen LogP contribution in [0.4, 0.5) is 16.2 Å². The number of hydrogen-bond acceptors (Lipinski definition) is 3. The Morgan fingerprint density at radius 3 is 2.38 bits per heavy atom. The Hall–Kier alpha value is -2.08. The van der Waals surface area contributed by atoms with Gasteiger partial charge >= 0.3 is 6.03 Å². The van der Waals surface area contributed by atoms with Gasteiger partial charge in [0, 0.05) is 12.0 Å². The van der Waals surface area contributed by atoms with Crippen LogP contribution in [0, 0.1) is 11.3 Å². The van der Waals surface area contributed by atoms with Crippen molar-refractivity contribution in [3.63, 3.8) is 0 Å². The molecule has 0 aromatic heterocycles. The van der Waals surface area contributed by atoms with Gasteiger partial charge in [-0.1, -0.05) is 12.1 Å². The van der Waals surface area contributed by atoms with E-state index in [1.807, 2.05) is 32.0 Å². The van der Waals surface area contributed by atoms with Gasteiger partial charge < -0.3 is 21.3 Å². The first-order valence-electron chi connectivity index (χ1n) is 8.68. The summed E-state index contributed by atoms with van der Waals surface area (Å²) in [5, 5.41) is 11.9. The lowest BCUT2D eigenvalue weighted by Gasteiger charge is -2.23. The van der Waals surface area contributed by atoms with Gasteiger partial charge in [-0.05, 0) is 63.7 Å². The Kier molecular flexibility index (Phi) is 4.76. The molecule has 1 aromatic carbocycles. The van der Waals surface area contributed by atoms with Crippen molar-refractivity contribution in [3.8, 4) is 0 Å². The summed E-state index contributed by atoms with van der Waals surface area (Å²) in [6.45, 7) is 5.80. The third-order valence-electron chi connectivity index (χ3n) is 4.96. The molecule has 24 heavy (non-hydrogen) atoms. The van der Waals surface area contributed by atoms with Gasteiger partial charge in [0.15, 0.2) is 0 Å². The molecule has 1 unspecified atom stereocenters. The second-order valence-electron chi connectivity index (χ2n) is 7.16. The molecule has 2 aliphatic rings. The van der Waals surface area contributed by atoms with Crippen molar-refractivity contribution in [2.75, 3.05) is 23.7 Å². The predicted octanol–water partition coefficient (Wildman–Crippen LogP) is 2.54. The topological polar surface area (TPSA) is 82.3 Å². The summed E-state index contributed by atoms with van der Waals surface area (Å²) in [6.07, 6.45) is 3.12. The van der Waals surface area contributed by atoms with E-state index in [-0.39, 0.29) is 29.3 Å². The van der Waals surface area contributed by atoms with Crippen molar-refractivity contribution in [1.29, 1.82) is 0 Å². The number of carbonyl (C=O) groups excluding carboxylic acids is 2. The van der Waals surface area contributed by atoms with Gasteiger partial charge in [-0.2, -0.15) is 0 Å². The van der Waals surface area contributed by atoms with Crippen molar-refractivity contribution < 1.29 is 9.59 Å². The zero-order valence-corrected chi connectivity index (χ0v) is 14.3. The minimum absolute atomic E-state index is 0.0537. The molecule has 0 radical (unpaired) electrons. The molecule has 3 amide bonds. The predicted molar refractivity (Wildman–Crippen MR) is 95.0 cm³/mol. The van der Waals surface area contributed by atoms with E-state index < -0.39 is 0 Å². The molecule has 6 nitrogen and oxygen atoms in total. The van der Waals surface area contributed by atoms with Crippen LogP contribution >= 0.6 is 0 Å². The number of nitrogens with one attached hydrogen (secondary N) is 4. The van der Waals surface area contributed by atoms with Crippen molar-refractivity contribution in [2.45, 2.75) is 39.2 Å². The van der Waals surface area contributed by atoms with Crippen LogP contribution in [0.5, 0.6) is 0 Å². The van der Waals surface area contributed by atoms with E-state index in [0.29, 0.717) is 11.4 Å². The molecule has 1 aliphatic carbocycles. The summed E-state index contributed by atoms with van der Waals surface area (Å²) in [5.74, 6) is 0.160. The second kappa shape index (κ2) is 6.81. The van der Waals surface area contributed by atoms with E-state index in [0.717, 1.165) is 32.4 Å². The maximum absolute atomic E-state index is 12.6. The van der Waals surface area contributed by atoms with E-state index in [9.17, 15) is 9.59 Å². The van der Waals surface area contributed by atoms with Crippen molar-refractivity contribution in [1.82, 2.24) is 10.6 Å². The number of carbonyl (C=O) groups is 2. The molecule has 2 fully saturated rings. The molecular formula is C18H26N4O2. The third-order valence-corrected chi connectivity index (χ3v) is 4.96. The first-order chi connectivity index (χ1) is 11.5. The Morgan fingerprint density at radius 2 is 1.75 bits per heavy atom. The summed E-state index contributed by atoms with van der Waals surface area (Å²) in [5.41, 5.74) is 1.47. The maximum atomic E-state index is 12.6. The van der Waals surface area contributed by atoms with Crippen LogP contribution in [0.2, 0.25) is 0 Å². The molecule has 130 valence electrons. The smallest absolute Gasteiger partial charge is 0.319 e. The van der Waals surface area contributed by atoms with Crippen LogP contribution in [-0.4, -0.2) is 31.1 Å². The minimum atomic E-state index is -0.270. The van der Waals surface area contributed by atoms with Crippen molar-refractivity contribution >= 4 is 23.3 Å². The molecule has 4 N–H and O–H groups in total. The van der Waals surface area contributed by atoms with Crippen LogP contribution in [0.15, 0.2) is 24.3 Å². The van der Waals surface area contributed by atoms with Gasteiger partial charge in [-0.25, -0.2) is 4.79 Å². The highest BCUT2D eigenvalue weighted by atomic mass is 16.2. The quantitative estimate of drug-likeness (QED) is 0.685. The fourth-order valence-electron chi connectivity index (χ4n) is 3.54. The first-order valence-corrected chi connectivity index (χ1v) is 8.68. The highest BCUT2D eigenvalue weighted by molar-refractivity contribution is 6.01. The molecule has 1 saturated carbocycles. The van der Waals surface area contributed by atoms with E-state index in [1.165, 1.54) is 0 Å². The van der Waals surface area contributed by atoms with Gasteiger partial charge in [-0.3, -0.25) is 4.79 Å². The third kappa shape index (κ3) is 3.70. The number of anilines is 2. The summed E-state index contributed by atoms with van der Waals surface area (Å²) in [4.78, 5) is 24.5. The van der Waals surface area contributed by atoms with E-state index >= 15 is 0 Å². The second-order valence-corrected chi connectivity index (χ2v) is 7.16. The molecule has 3 rings (SSSR count). The van der Waals surface area contributed by atoms with E-state index in [4.69, 9.17) is 0 Å². The Bertz CT molecular complexity index is 623. The largest absolute Gasteiger partial charge is 0.336 e. The van der Waals surface area contributed by atoms with Crippen LogP contribution in [-0.2, 0) is 4.79 Å². The number of amides is 3. The van der Waals surface area contributed by atoms with Gasteiger partial charge in [0.1, 0.15) is 0 Å². The molecular weight excluding hydrogens is 304 g/mol. The Morgan fingerprint density at radius 1 is 1.12 bits per heavy atom. The minimum Gasteiger partial charge on any atom is -0.336 e. The van der Waals surface area contributed by atoms with Crippen LogP contribution in [0.1, 0.15) is 33.1 Å². The number of rotatable bonds is 4. The normalized spacial score (nSPS) is 21.4. The lowest BCUT2D eigenvalue weighted by Crippen LogP contribution is -2.34. The highest BCUT2D eigenvalue weighted by Crippen LogP contribution is 2.58. The Balaban J connectivity index is 1.63. The Labute approximate surface area is 142 Å². The van der Waals surface area contributed by atoms with Gasteiger partial charge in [0.2, 0.25) is 5.91 Å². The molecule has 1 aromatic rings.